The first kappa shape index (κ1) is 25.1. The minimum absolute atomic E-state index is 0.327. The van der Waals surface area contributed by atoms with Gasteiger partial charge in [0.15, 0.2) is 17.0 Å². The second kappa shape index (κ2) is 10.9. The van der Waals surface area contributed by atoms with E-state index < -0.39 is 12.2 Å². The zero-order chi connectivity index (χ0) is 26.8. The summed E-state index contributed by atoms with van der Waals surface area (Å²) in [6.45, 7) is 0.484. The number of nitrogens with zero attached hydrogens (tertiary/aromatic N) is 4. The Kier molecular flexibility index (Phi) is 6.99. The highest BCUT2D eigenvalue weighted by atomic mass is 35.5. The van der Waals surface area contributed by atoms with Crippen molar-refractivity contribution in [3.63, 3.8) is 0 Å². The Bertz CT molecular complexity index is 1670. The summed E-state index contributed by atoms with van der Waals surface area (Å²) < 4.78 is 1.82. The third-order valence-corrected chi connectivity index (χ3v) is 7.22. The van der Waals surface area contributed by atoms with Crippen molar-refractivity contribution in [2.24, 2.45) is 0 Å². The number of aliphatic hydroxyl groups excluding tert-OH is 2. The Balaban J connectivity index is 1.34. The van der Waals surface area contributed by atoms with Crippen molar-refractivity contribution in [2.45, 2.75) is 37.6 Å². The van der Waals surface area contributed by atoms with Crippen LogP contribution in [0.5, 0.6) is 0 Å². The van der Waals surface area contributed by atoms with Crippen molar-refractivity contribution in [3.05, 3.63) is 107 Å². The lowest BCUT2D eigenvalue weighted by molar-refractivity contribution is 0.0241. The predicted octanol–water partition coefficient (Wildman–Crippen LogP) is 5.22. The van der Waals surface area contributed by atoms with E-state index in [2.05, 4.69) is 39.3 Å². The summed E-state index contributed by atoms with van der Waals surface area (Å²) >= 11 is 6.16. The molecular formula is C31H26ClN5O2. The van der Waals surface area contributed by atoms with Crippen LogP contribution in [0.15, 0.2) is 85.2 Å². The molecule has 1 saturated carbocycles. The van der Waals surface area contributed by atoms with Crippen molar-refractivity contribution in [2.75, 3.05) is 5.32 Å². The molecule has 0 amide bonds. The number of nitrogens with one attached hydrogen (secondary N) is 1. The van der Waals surface area contributed by atoms with Crippen molar-refractivity contribution in [1.82, 2.24) is 19.5 Å². The fourth-order valence-electron chi connectivity index (χ4n) is 4.92. The normalized spacial score (nSPS) is 18.6. The molecule has 0 radical (unpaired) electrons. The van der Waals surface area contributed by atoms with E-state index >= 15 is 0 Å². The number of anilines is 1. The average molecular weight is 536 g/mol. The standard InChI is InChI=1S/C31H26ClN5O2/c32-24-8-4-5-21(17-24)18-33-30-28-31(37(19-34-28)25-14-15-26(38)29(25)39)36-27(35-30)16-11-20-9-12-23(13-10-20)22-6-2-1-3-7-22/h1-10,12-13,17,19,25-26,29,38-39H,14-15,18H2,(H,33,35,36)/t25-,26-,29+/m1/s1. The van der Waals surface area contributed by atoms with Crippen LogP contribution in [0.2, 0.25) is 5.02 Å². The summed E-state index contributed by atoms with van der Waals surface area (Å²) in [4.78, 5) is 13.9. The van der Waals surface area contributed by atoms with E-state index in [0.717, 1.165) is 22.3 Å². The Morgan fingerprint density at radius 2 is 1.69 bits per heavy atom. The minimum atomic E-state index is -0.891. The Labute approximate surface area is 231 Å². The molecule has 0 unspecified atom stereocenters. The smallest absolute Gasteiger partial charge is 0.209 e. The van der Waals surface area contributed by atoms with Gasteiger partial charge < -0.3 is 20.1 Å². The largest absolute Gasteiger partial charge is 0.390 e. The van der Waals surface area contributed by atoms with Gasteiger partial charge in [-0.1, -0.05) is 72.1 Å². The van der Waals surface area contributed by atoms with Gasteiger partial charge in [0, 0.05) is 17.1 Å². The number of aromatic nitrogens is 4. The van der Waals surface area contributed by atoms with E-state index in [1.165, 1.54) is 0 Å². The first-order valence-electron chi connectivity index (χ1n) is 12.8. The van der Waals surface area contributed by atoms with Gasteiger partial charge in [-0.15, -0.1) is 0 Å². The lowest BCUT2D eigenvalue weighted by atomic mass is 10.0. The summed E-state index contributed by atoms with van der Waals surface area (Å²) in [5.74, 6) is 7.14. The zero-order valence-electron chi connectivity index (χ0n) is 21.0. The van der Waals surface area contributed by atoms with E-state index in [-0.39, 0.29) is 6.04 Å². The molecule has 1 fully saturated rings. The number of hydrogen-bond acceptors (Lipinski definition) is 6. The van der Waals surface area contributed by atoms with Gasteiger partial charge in [0.2, 0.25) is 5.82 Å². The van der Waals surface area contributed by atoms with Crippen LogP contribution in [-0.2, 0) is 6.54 Å². The minimum Gasteiger partial charge on any atom is -0.390 e. The third-order valence-electron chi connectivity index (χ3n) is 6.99. The van der Waals surface area contributed by atoms with Crippen LogP contribution in [0.4, 0.5) is 5.82 Å². The summed E-state index contributed by atoms with van der Waals surface area (Å²) in [7, 11) is 0. The average Bonchev–Trinajstić information content (AvgIpc) is 3.53. The number of rotatable bonds is 5. The number of hydrogen-bond donors (Lipinski definition) is 3. The molecule has 3 atom stereocenters. The van der Waals surface area contributed by atoms with Crippen LogP contribution >= 0.6 is 11.6 Å². The number of aliphatic hydroxyl groups is 2. The number of halogens is 1. The number of benzene rings is 3. The summed E-state index contributed by atoms with van der Waals surface area (Å²) in [5.41, 5.74) is 5.23. The second-order valence-electron chi connectivity index (χ2n) is 9.60. The van der Waals surface area contributed by atoms with Gasteiger partial charge in [-0.05, 0) is 59.7 Å². The molecule has 7 nitrogen and oxygen atoms in total. The van der Waals surface area contributed by atoms with Crippen LogP contribution in [0.25, 0.3) is 22.3 Å². The Morgan fingerprint density at radius 1 is 0.897 bits per heavy atom. The predicted molar refractivity (Wildman–Crippen MR) is 152 cm³/mol. The van der Waals surface area contributed by atoms with Crippen LogP contribution in [0.1, 0.15) is 35.8 Å². The van der Waals surface area contributed by atoms with E-state index in [1.807, 2.05) is 71.3 Å². The summed E-state index contributed by atoms with van der Waals surface area (Å²) in [6.07, 6.45) is 1.13. The maximum atomic E-state index is 10.6. The van der Waals surface area contributed by atoms with Crippen LogP contribution < -0.4 is 5.32 Å². The molecule has 0 spiro atoms. The van der Waals surface area contributed by atoms with Crippen LogP contribution in [0.3, 0.4) is 0 Å². The van der Waals surface area contributed by atoms with Crippen molar-refractivity contribution >= 4 is 28.6 Å². The second-order valence-corrected chi connectivity index (χ2v) is 10.0. The molecular weight excluding hydrogens is 510 g/mol. The van der Waals surface area contributed by atoms with Gasteiger partial charge in [-0.2, -0.15) is 0 Å². The van der Waals surface area contributed by atoms with Crippen molar-refractivity contribution in [1.29, 1.82) is 0 Å². The van der Waals surface area contributed by atoms with Crippen molar-refractivity contribution < 1.29 is 10.2 Å². The van der Waals surface area contributed by atoms with Gasteiger partial charge in [-0.3, -0.25) is 0 Å². The molecule has 194 valence electrons. The summed E-state index contributed by atoms with van der Waals surface area (Å²) in [6, 6.07) is 25.5. The maximum absolute atomic E-state index is 10.6. The van der Waals surface area contributed by atoms with Gasteiger partial charge in [0.1, 0.15) is 6.10 Å². The monoisotopic (exact) mass is 535 g/mol. The zero-order valence-corrected chi connectivity index (χ0v) is 21.8. The van der Waals surface area contributed by atoms with Crippen LogP contribution in [0, 0.1) is 11.8 Å². The molecule has 39 heavy (non-hydrogen) atoms. The Hall–Kier alpha value is -4.22. The highest BCUT2D eigenvalue weighted by molar-refractivity contribution is 6.30. The third kappa shape index (κ3) is 5.36. The van der Waals surface area contributed by atoms with Gasteiger partial charge in [-0.25, -0.2) is 15.0 Å². The van der Waals surface area contributed by atoms with Crippen molar-refractivity contribution in [3.8, 4) is 23.0 Å². The molecule has 5 aromatic rings. The molecule has 0 aliphatic heterocycles. The first-order valence-corrected chi connectivity index (χ1v) is 13.2. The quantitative estimate of drug-likeness (QED) is 0.267. The molecule has 2 aromatic heterocycles. The molecule has 6 rings (SSSR count). The van der Waals surface area contributed by atoms with Gasteiger partial charge in [0.25, 0.3) is 0 Å². The lowest BCUT2D eigenvalue weighted by Gasteiger charge is -2.18. The Morgan fingerprint density at radius 3 is 2.44 bits per heavy atom. The topological polar surface area (TPSA) is 96.1 Å². The highest BCUT2D eigenvalue weighted by Crippen LogP contribution is 2.33. The first-order chi connectivity index (χ1) is 19.0. The van der Waals surface area contributed by atoms with E-state index in [0.29, 0.717) is 47.2 Å². The molecule has 1 aliphatic rings. The van der Waals surface area contributed by atoms with Gasteiger partial charge in [0.05, 0.1) is 18.5 Å². The van der Waals surface area contributed by atoms with Gasteiger partial charge >= 0.3 is 0 Å². The number of fused-ring (bicyclic) bond motifs is 1. The molecule has 1 aliphatic carbocycles. The molecule has 0 bridgehead atoms. The molecule has 0 saturated heterocycles. The fraction of sp³-hybridized carbons (Fsp3) is 0.194. The maximum Gasteiger partial charge on any atom is 0.209 e. The van der Waals surface area contributed by atoms with E-state index in [1.54, 1.807) is 6.33 Å². The van der Waals surface area contributed by atoms with E-state index in [9.17, 15) is 10.2 Å². The lowest BCUT2D eigenvalue weighted by Crippen LogP contribution is -2.27. The highest BCUT2D eigenvalue weighted by Gasteiger charge is 2.35. The fourth-order valence-corrected chi connectivity index (χ4v) is 5.13. The molecule has 8 heteroatoms. The number of imidazole rings is 1. The summed E-state index contributed by atoms with van der Waals surface area (Å²) in [5, 5.41) is 24.7. The van der Waals surface area contributed by atoms with Crippen LogP contribution in [-0.4, -0.2) is 41.9 Å². The molecule has 3 N–H and O–H groups in total. The molecule has 3 aromatic carbocycles. The van der Waals surface area contributed by atoms with E-state index in [4.69, 9.17) is 16.6 Å². The SMILES string of the molecule is O[C@@H]1[C@H](O)CC[C@H]1n1cnc2c(NCc3cccc(Cl)c3)nc(C#Cc3ccc(-c4ccccc4)cc3)nc21. The molecule has 2 heterocycles.